The molecule has 0 atom stereocenters. The van der Waals surface area contributed by atoms with Gasteiger partial charge in [-0.2, -0.15) is 0 Å². The molecule has 0 bridgehead atoms. The molecule has 8 nitrogen and oxygen atoms in total. The van der Waals surface area contributed by atoms with E-state index in [1.54, 1.807) is 25.1 Å². The van der Waals surface area contributed by atoms with Crippen LogP contribution in [-0.2, 0) is 9.59 Å². The third-order valence-electron chi connectivity index (χ3n) is 4.94. The molecule has 0 radical (unpaired) electrons. The summed E-state index contributed by atoms with van der Waals surface area (Å²) in [7, 11) is 0. The van der Waals surface area contributed by atoms with Gasteiger partial charge in [-0.25, -0.2) is 9.18 Å². The van der Waals surface area contributed by atoms with E-state index in [2.05, 4.69) is 5.32 Å². The largest absolute Gasteiger partial charge is 0.478 e. The minimum atomic E-state index is -1.03. The van der Waals surface area contributed by atoms with Crippen LogP contribution in [0.15, 0.2) is 63.9 Å². The molecule has 0 aliphatic carbocycles. The fourth-order valence-electron chi connectivity index (χ4n) is 3.29. The van der Waals surface area contributed by atoms with Gasteiger partial charge in [0, 0.05) is 17.3 Å². The number of carboxylic acid groups (broad SMARTS) is 1. The molecule has 1 fully saturated rings. The van der Waals surface area contributed by atoms with Crippen LogP contribution < -0.4 is 5.32 Å². The zero-order chi connectivity index (χ0) is 24.4. The van der Waals surface area contributed by atoms with Gasteiger partial charge in [-0.05, 0) is 72.8 Å². The molecule has 34 heavy (non-hydrogen) atoms. The smallest absolute Gasteiger partial charge is 0.335 e. The Balaban J connectivity index is 1.46. The molecule has 0 spiro atoms. The maximum absolute atomic E-state index is 13.0. The average molecular weight is 480 g/mol. The van der Waals surface area contributed by atoms with Gasteiger partial charge in [-0.1, -0.05) is 6.07 Å². The first-order valence-corrected chi connectivity index (χ1v) is 10.8. The van der Waals surface area contributed by atoms with Gasteiger partial charge >= 0.3 is 5.97 Å². The molecule has 0 saturated carbocycles. The Morgan fingerprint density at radius 2 is 1.85 bits per heavy atom. The van der Waals surface area contributed by atoms with Gasteiger partial charge < -0.3 is 14.8 Å². The number of amides is 3. The number of halogens is 1. The number of aryl methyl sites for hydroxylation is 1. The first-order chi connectivity index (χ1) is 16.2. The molecule has 1 aliphatic rings. The van der Waals surface area contributed by atoms with E-state index in [1.165, 1.54) is 42.5 Å². The van der Waals surface area contributed by atoms with Crippen molar-refractivity contribution in [3.8, 4) is 11.3 Å². The maximum Gasteiger partial charge on any atom is 0.335 e. The summed E-state index contributed by atoms with van der Waals surface area (Å²) in [5.74, 6) is -1.93. The van der Waals surface area contributed by atoms with Gasteiger partial charge in [0.25, 0.3) is 11.1 Å². The summed E-state index contributed by atoms with van der Waals surface area (Å²) >= 11 is 0.684. The van der Waals surface area contributed by atoms with Crippen molar-refractivity contribution in [2.45, 2.75) is 6.92 Å². The Hall–Kier alpha value is -4.18. The second kappa shape index (κ2) is 9.36. The number of thioether (sulfide) groups is 1. The number of carboxylic acids is 1. The maximum atomic E-state index is 13.0. The van der Waals surface area contributed by atoms with Crippen LogP contribution in [0, 0.1) is 12.7 Å². The number of hydrogen-bond acceptors (Lipinski definition) is 6. The normalized spacial score (nSPS) is 14.6. The van der Waals surface area contributed by atoms with Crippen molar-refractivity contribution < 1.29 is 33.1 Å². The number of hydrogen-bond donors (Lipinski definition) is 2. The van der Waals surface area contributed by atoms with Crippen molar-refractivity contribution >= 4 is 46.5 Å². The molecular weight excluding hydrogens is 463 g/mol. The SMILES string of the molecule is Cc1cc(C(=O)O)ccc1-c1ccc(/C=C2/SC(=O)N(CC(=O)Nc3ccc(F)cc3)C2=O)o1. The topological polar surface area (TPSA) is 117 Å². The summed E-state index contributed by atoms with van der Waals surface area (Å²) in [6.45, 7) is 1.27. The van der Waals surface area contributed by atoms with E-state index in [0.717, 1.165) is 4.90 Å². The van der Waals surface area contributed by atoms with Crippen molar-refractivity contribution in [2.75, 3.05) is 11.9 Å². The highest BCUT2D eigenvalue weighted by atomic mass is 32.2. The number of nitrogens with one attached hydrogen (secondary N) is 1. The van der Waals surface area contributed by atoms with Crippen molar-refractivity contribution in [1.29, 1.82) is 0 Å². The Labute approximate surface area is 197 Å². The van der Waals surface area contributed by atoms with Crippen LogP contribution in [0.25, 0.3) is 17.4 Å². The minimum absolute atomic E-state index is 0.0958. The van der Waals surface area contributed by atoms with Gasteiger partial charge in [0.2, 0.25) is 5.91 Å². The van der Waals surface area contributed by atoms with Crippen LogP contribution in [0.5, 0.6) is 0 Å². The Morgan fingerprint density at radius 3 is 2.53 bits per heavy atom. The minimum Gasteiger partial charge on any atom is -0.478 e. The lowest BCUT2D eigenvalue weighted by atomic mass is 10.0. The highest BCUT2D eigenvalue weighted by molar-refractivity contribution is 8.18. The fourth-order valence-corrected chi connectivity index (χ4v) is 4.11. The summed E-state index contributed by atoms with van der Waals surface area (Å²) in [6, 6.07) is 13.0. The van der Waals surface area contributed by atoms with Crippen LogP contribution in [0.4, 0.5) is 14.9 Å². The molecule has 10 heteroatoms. The van der Waals surface area contributed by atoms with E-state index in [4.69, 9.17) is 9.52 Å². The number of nitrogens with zero attached hydrogens (tertiary/aromatic N) is 1. The lowest BCUT2D eigenvalue weighted by Gasteiger charge is -2.12. The van der Waals surface area contributed by atoms with Crippen LogP contribution in [0.2, 0.25) is 0 Å². The quantitative estimate of drug-likeness (QED) is 0.488. The molecule has 2 aromatic carbocycles. The van der Waals surface area contributed by atoms with Crippen LogP contribution in [-0.4, -0.2) is 39.6 Å². The number of anilines is 1. The van der Waals surface area contributed by atoms with Crippen LogP contribution in [0.3, 0.4) is 0 Å². The zero-order valence-electron chi connectivity index (χ0n) is 17.7. The van der Waals surface area contributed by atoms with Crippen molar-refractivity contribution in [1.82, 2.24) is 4.90 Å². The van der Waals surface area contributed by atoms with Gasteiger partial charge in [-0.15, -0.1) is 0 Å². The monoisotopic (exact) mass is 480 g/mol. The highest BCUT2D eigenvalue weighted by Crippen LogP contribution is 2.34. The number of furan rings is 1. The molecule has 1 saturated heterocycles. The van der Waals surface area contributed by atoms with E-state index in [9.17, 15) is 23.6 Å². The summed E-state index contributed by atoms with van der Waals surface area (Å²) in [5.41, 5.74) is 1.89. The summed E-state index contributed by atoms with van der Waals surface area (Å²) in [4.78, 5) is 49.2. The number of rotatable bonds is 6. The number of aromatic carboxylic acids is 1. The average Bonchev–Trinajstić information content (AvgIpc) is 3.35. The molecule has 3 amide bonds. The number of carbonyl (C=O) groups is 4. The lowest BCUT2D eigenvalue weighted by Crippen LogP contribution is -2.36. The summed E-state index contributed by atoms with van der Waals surface area (Å²) < 4.78 is 18.8. The second-order valence-electron chi connectivity index (χ2n) is 7.36. The molecule has 3 aromatic rings. The Kier molecular flexibility index (Phi) is 6.33. The molecule has 1 aliphatic heterocycles. The second-order valence-corrected chi connectivity index (χ2v) is 8.35. The lowest BCUT2D eigenvalue weighted by molar-refractivity contribution is -0.127. The highest BCUT2D eigenvalue weighted by Gasteiger charge is 2.36. The first kappa shape index (κ1) is 23.0. The standard InChI is InChI=1S/C24H17FN2O6S/c1-13-10-14(23(30)31)2-8-18(13)19-9-7-17(33-19)11-20-22(29)27(24(32)34-20)12-21(28)26-16-5-3-15(25)4-6-16/h2-11H,12H2,1H3,(H,26,28)(H,30,31)/b20-11+. The third-order valence-corrected chi connectivity index (χ3v) is 5.85. The number of carbonyl (C=O) groups excluding carboxylic acids is 3. The van der Waals surface area contributed by atoms with Crippen LogP contribution >= 0.6 is 11.8 Å². The fraction of sp³-hybridized carbons (Fsp3) is 0.0833. The van der Waals surface area contributed by atoms with Gasteiger partial charge in [0.1, 0.15) is 23.9 Å². The Morgan fingerprint density at radius 1 is 1.12 bits per heavy atom. The molecule has 2 heterocycles. The Bertz CT molecular complexity index is 1350. The third kappa shape index (κ3) is 4.91. The molecule has 4 rings (SSSR count). The predicted molar refractivity (Wildman–Crippen MR) is 124 cm³/mol. The van der Waals surface area contributed by atoms with E-state index >= 15 is 0 Å². The van der Waals surface area contributed by atoms with E-state index in [-0.39, 0.29) is 10.5 Å². The zero-order valence-corrected chi connectivity index (χ0v) is 18.5. The molecular formula is C24H17FN2O6S. The van der Waals surface area contributed by atoms with Crippen molar-refractivity contribution in [2.24, 2.45) is 0 Å². The van der Waals surface area contributed by atoms with Crippen molar-refractivity contribution in [3.63, 3.8) is 0 Å². The molecule has 1 aromatic heterocycles. The van der Waals surface area contributed by atoms with Crippen LogP contribution in [0.1, 0.15) is 21.7 Å². The van der Waals surface area contributed by atoms with Gasteiger partial charge in [0.05, 0.1) is 10.5 Å². The summed E-state index contributed by atoms with van der Waals surface area (Å²) in [5, 5.41) is 11.0. The first-order valence-electron chi connectivity index (χ1n) is 9.96. The van der Waals surface area contributed by atoms with Gasteiger partial charge in [-0.3, -0.25) is 19.3 Å². The molecule has 2 N–H and O–H groups in total. The predicted octanol–water partition coefficient (Wildman–Crippen LogP) is 4.77. The summed E-state index contributed by atoms with van der Waals surface area (Å²) in [6.07, 6.45) is 1.41. The van der Waals surface area contributed by atoms with Gasteiger partial charge in [0.15, 0.2) is 0 Å². The van der Waals surface area contributed by atoms with E-state index in [0.29, 0.717) is 40.1 Å². The van der Waals surface area contributed by atoms with Crippen molar-refractivity contribution in [3.05, 3.63) is 82.2 Å². The molecule has 172 valence electrons. The molecule has 0 unspecified atom stereocenters. The van der Waals surface area contributed by atoms with E-state index in [1.807, 2.05) is 0 Å². The number of benzene rings is 2. The number of imide groups is 1. The van der Waals surface area contributed by atoms with E-state index < -0.39 is 35.4 Å².